The van der Waals surface area contributed by atoms with Gasteiger partial charge in [-0.25, -0.2) is 4.79 Å². The molecule has 9 N–H and O–H groups in total. The number of nitrogens with one attached hydrogen (secondary N) is 3. The fraction of sp³-hybridized carbons (Fsp3) is 0.455. The maximum absolute atomic E-state index is 13.1. The predicted molar refractivity (Wildman–Crippen MR) is 131 cm³/mol. The zero-order valence-corrected chi connectivity index (χ0v) is 20.7. The Labute approximate surface area is 216 Å². The Balaban J connectivity index is 3.15. The number of rotatable bonds is 16. The summed E-state index contributed by atoms with van der Waals surface area (Å²) in [5.74, 6) is -6.74. The number of phenolic OH excluding ortho intramolecular Hbond substituents is 1. The van der Waals surface area contributed by atoms with E-state index in [1.165, 1.54) is 36.0 Å². The standard InChI is InChI=1S/C22H30N4O10S/c1-37-7-6-14(24-19(32)13(23)9-17(28)29)20(33)25-15(8-11-2-4-12(27)5-3-11)21(34)26-16(22(35)36)10-18(30)31/h2-5,13-16,27H,6-10,23H2,1H3,(H,24,32)(H,25,33)(H,26,34)(H,28,29)(H,30,31)(H,35,36). The minimum absolute atomic E-state index is 0.0567. The van der Waals surface area contributed by atoms with Gasteiger partial charge in [0.2, 0.25) is 17.7 Å². The molecule has 0 fully saturated rings. The van der Waals surface area contributed by atoms with Crippen molar-refractivity contribution < 1.29 is 49.2 Å². The lowest BCUT2D eigenvalue weighted by molar-refractivity contribution is -0.147. The number of aromatic hydroxyl groups is 1. The molecule has 204 valence electrons. The molecule has 4 unspecified atom stereocenters. The number of carbonyl (C=O) groups excluding carboxylic acids is 3. The van der Waals surface area contributed by atoms with Gasteiger partial charge in [-0.05, 0) is 36.1 Å². The van der Waals surface area contributed by atoms with Crippen LogP contribution in [0.3, 0.4) is 0 Å². The number of carbonyl (C=O) groups is 6. The van der Waals surface area contributed by atoms with Gasteiger partial charge in [-0.2, -0.15) is 11.8 Å². The van der Waals surface area contributed by atoms with E-state index in [-0.39, 0.29) is 18.6 Å². The van der Waals surface area contributed by atoms with Crippen LogP contribution in [0.4, 0.5) is 0 Å². The molecule has 0 saturated heterocycles. The zero-order chi connectivity index (χ0) is 28.1. The van der Waals surface area contributed by atoms with E-state index < -0.39 is 72.6 Å². The number of carboxylic acid groups (broad SMARTS) is 3. The zero-order valence-electron chi connectivity index (χ0n) is 19.9. The highest BCUT2D eigenvalue weighted by Crippen LogP contribution is 2.12. The first-order chi connectivity index (χ1) is 17.3. The summed E-state index contributed by atoms with van der Waals surface area (Å²) in [4.78, 5) is 71.5. The van der Waals surface area contributed by atoms with Crippen LogP contribution in [-0.2, 0) is 35.2 Å². The third-order valence-corrected chi connectivity index (χ3v) is 5.62. The highest BCUT2D eigenvalue weighted by molar-refractivity contribution is 7.98. The Morgan fingerprint density at radius 3 is 1.84 bits per heavy atom. The molecule has 1 aromatic carbocycles. The van der Waals surface area contributed by atoms with Crippen LogP contribution in [0.5, 0.6) is 5.75 Å². The number of hydrogen-bond donors (Lipinski definition) is 8. The number of amides is 3. The van der Waals surface area contributed by atoms with Gasteiger partial charge < -0.3 is 42.1 Å². The highest BCUT2D eigenvalue weighted by Gasteiger charge is 2.31. The molecule has 3 amide bonds. The minimum atomic E-state index is -1.77. The second kappa shape index (κ2) is 15.3. The van der Waals surface area contributed by atoms with E-state index in [0.29, 0.717) is 11.3 Å². The predicted octanol–water partition coefficient (Wildman–Crippen LogP) is -1.50. The molecule has 0 saturated carbocycles. The van der Waals surface area contributed by atoms with Gasteiger partial charge in [-0.3, -0.25) is 24.0 Å². The molecule has 14 nitrogen and oxygen atoms in total. The summed E-state index contributed by atoms with van der Waals surface area (Å²) in [6, 6.07) is -0.199. The number of phenols is 1. The Morgan fingerprint density at radius 1 is 0.811 bits per heavy atom. The molecule has 0 aliphatic heterocycles. The van der Waals surface area contributed by atoms with Crippen LogP contribution in [0.25, 0.3) is 0 Å². The topological polar surface area (TPSA) is 245 Å². The summed E-state index contributed by atoms with van der Waals surface area (Å²) < 4.78 is 0. The number of thioether (sulfide) groups is 1. The molecule has 4 atom stereocenters. The number of benzene rings is 1. The Hall–Kier alpha value is -3.85. The Kier molecular flexibility index (Phi) is 12.9. The number of carboxylic acids is 3. The average molecular weight is 543 g/mol. The maximum atomic E-state index is 13.1. The van der Waals surface area contributed by atoms with E-state index in [1.54, 1.807) is 6.26 Å². The van der Waals surface area contributed by atoms with Crippen LogP contribution in [-0.4, -0.2) is 92.2 Å². The second-order valence-corrected chi connectivity index (χ2v) is 8.96. The fourth-order valence-corrected chi connectivity index (χ4v) is 3.53. The van der Waals surface area contributed by atoms with Gasteiger partial charge in [-0.1, -0.05) is 12.1 Å². The van der Waals surface area contributed by atoms with Crippen LogP contribution in [0, 0.1) is 0 Å². The van der Waals surface area contributed by atoms with Crippen molar-refractivity contribution in [1.29, 1.82) is 0 Å². The molecular formula is C22H30N4O10S. The largest absolute Gasteiger partial charge is 0.508 e. The van der Waals surface area contributed by atoms with Crippen molar-refractivity contribution in [3.05, 3.63) is 29.8 Å². The molecule has 37 heavy (non-hydrogen) atoms. The minimum Gasteiger partial charge on any atom is -0.508 e. The molecular weight excluding hydrogens is 512 g/mol. The van der Waals surface area contributed by atoms with Crippen molar-refractivity contribution in [2.75, 3.05) is 12.0 Å². The maximum Gasteiger partial charge on any atom is 0.326 e. The lowest BCUT2D eigenvalue weighted by Crippen LogP contribution is -2.58. The quantitative estimate of drug-likeness (QED) is 0.119. The summed E-state index contributed by atoms with van der Waals surface area (Å²) in [5, 5.41) is 43.4. The summed E-state index contributed by atoms with van der Waals surface area (Å²) in [7, 11) is 0. The van der Waals surface area contributed by atoms with Crippen LogP contribution in [0.15, 0.2) is 24.3 Å². The summed E-state index contributed by atoms with van der Waals surface area (Å²) in [6.45, 7) is 0. The van der Waals surface area contributed by atoms with Crippen LogP contribution >= 0.6 is 11.8 Å². The second-order valence-electron chi connectivity index (χ2n) is 7.98. The molecule has 0 aliphatic rings. The number of nitrogens with two attached hydrogens (primary N) is 1. The Bertz CT molecular complexity index is 988. The summed E-state index contributed by atoms with van der Waals surface area (Å²) in [6.07, 6.45) is 0.105. The molecule has 1 rings (SSSR count). The van der Waals surface area contributed by atoms with Gasteiger partial charge in [-0.15, -0.1) is 0 Å². The van der Waals surface area contributed by atoms with Gasteiger partial charge in [0, 0.05) is 6.42 Å². The monoisotopic (exact) mass is 542 g/mol. The molecule has 1 aromatic rings. The van der Waals surface area contributed by atoms with Crippen LogP contribution in [0.2, 0.25) is 0 Å². The normalized spacial score (nSPS) is 13.9. The first-order valence-corrected chi connectivity index (χ1v) is 12.3. The van der Waals surface area contributed by atoms with Crippen LogP contribution < -0.4 is 21.7 Å². The van der Waals surface area contributed by atoms with Crippen LogP contribution in [0.1, 0.15) is 24.8 Å². The Morgan fingerprint density at radius 2 is 1.32 bits per heavy atom. The molecule has 15 heteroatoms. The first kappa shape index (κ1) is 31.2. The smallest absolute Gasteiger partial charge is 0.326 e. The van der Waals surface area contributed by atoms with Gasteiger partial charge >= 0.3 is 17.9 Å². The lowest BCUT2D eigenvalue weighted by Gasteiger charge is -2.25. The van der Waals surface area contributed by atoms with Crippen molar-refractivity contribution in [2.45, 2.75) is 49.9 Å². The molecule has 0 radical (unpaired) electrons. The molecule has 0 spiro atoms. The molecule has 0 aromatic heterocycles. The average Bonchev–Trinajstić information content (AvgIpc) is 2.81. The van der Waals surface area contributed by atoms with E-state index >= 15 is 0 Å². The van der Waals surface area contributed by atoms with Crippen molar-refractivity contribution in [3.63, 3.8) is 0 Å². The third kappa shape index (κ3) is 11.6. The summed E-state index contributed by atoms with van der Waals surface area (Å²) >= 11 is 1.36. The van der Waals surface area contributed by atoms with Crippen molar-refractivity contribution in [2.24, 2.45) is 5.73 Å². The van der Waals surface area contributed by atoms with Gasteiger partial charge in [0.25, 0.3) is 0 Å². The summed E-state index contributed by atoms with van der Waals surface area (Å²) in [5.41, 5.74) is 6.03. The third-order valence-electron chi connectivity index (χ3n) is 4.98. The first-order valence-electron chi connectivity index (χ1n) is 10.9. The number of aliphatic carboxylic acids is 3. The highest BCUT2D eigenvalue weighted by atomic mass is 32.2. The molecule has 0 aliphatic carbocycles. The van der Waals surface area contributed by atoms with E-state index in [2.05, 4.69) is 16.0 Å². The van der Waals surface area contributed by atoms with Crippen molar-refractivity contribution in [1.82, 2.24) is 16.0 Å². The van der Waals surface area contributed by atoms with Gasteiger partial charge in [0.15, 0.2) is 0 Å². The van der Waals surface area contributed by atoms with Gasteiger partial charge in [0.1, 0.15) is 23.9 Å². The van der Waals surface area contributed by atoms with E-state index in [1.807, 2.05) is 0 Å². The molecule has 0 bridgehead atoms. The van der Waals surface area contributed by atoms with Crippen molar-refractivity contribution >= 4 is 47.4 Å². The lowest BCUT2D eigenvalue weighted by atomic mass is 10.0. The van der Waals surface area contributed by atoms with E-state index in [4.69, 9.17) is 15.9 Å². The van der Waals surface area contributed by atoms with E-state index in [0.717, 1.165) is 0 Å². The number of hydrogen-bond acceptors (Lipinski definition) is 9. The van der Waals surface area contributed by atoms with E-state index in [9.17, 15) is 39.0 Å². The SMILES string of the molecule is CSCCC(NC(=O)C(N)CC(=O)O)C(=O)NC(Cc1ccc(O)cc1)C(=O)NC(CC(=O)O)C(=O)O. The fourth-order valence-electron chi connectivity index (χ4n) is 3.06. The van der Waals surface area contributed by atoms with Crippen molar-refractivity contribution in [3.8, 4) is 5.75 Å². The molecule has 0 heterocycles. The van der Waals surface area contributed by atoms with Gasteiger partial charge in [0.05, 0.1) is 18.9 Å².